The Hall–Kier alpha value is -0.870. The van der Waals surface area contributed by atoms with E-state index in [0.717, 1.165) is 22.1 Å². The van der Waals surface area contributed by atoms with Crippen molar-refractivity contribution >= 4 is 27.5 Å². The van der Waals surface area contributed by atoms with Crippen molar-refractivity contribution in [1.29, 1.82) is 0 Å². The molecule has 0 bridgehead atoms. The molecule has 0 aliphatic heterocycles. The first-order valence-corrected chi connectivity index (χ1v) is 6.58. The van der Waals surface area contributed by atoms with Crippen LogP contribution in [-0.2, 0) is 4.79 Å². The molecule has 0 radical (unpaired) electrons. The molecule has 0 aliphatic carbocycles. The maximum absolute atomic E-state index is 11.7. The molecule has 1 aromatic carbocycles. The molecule has 0 spiro atoms. The van der Waals surface area contributed by atoms with E-state index in [2.05, 4.69) is 28.2 Å². The lowest BCUT2D eigenvalue weighted by molar-refractivity contribution is -0.116. The fourth-order valence-electron chi connectivity index (χ4n) is 1.44. The molecule has 1 amide bonds. The molecule has 0 aliphatic rings. The number of hydrogen-bond acceptors (Lipinski definition) is 2. The molecule has 1 aromatic rings. The van der Waals surface area contributed by atoms with Gasteiger partial charge in [0.05, 0.1) is 5.69 Å². The van der Waals surface area contributed by atoms with E-state index in [0.29, 0.717) is 18.9 Å². The molecular weight excluding hydrogens is 280 g/mol. The van der Waals surface area contributed by atoms with Crippen molar-refractivity contribution in [3.63, 3.8) is 0 Å². The smallest absolute Gasteiger partial charge is 0.224 e. The van der Waals surface area contributed by atoms with Crippen molar-refractivity contribution in [2.45, 2.75) is 26.7 Å². The summed E-state index contributed by atoms with van der Waals surface area (Å²) in [5, 5.41) is 2.90. The SMILES string of the molecule is Cc1ccc(Br)c(NC(=O)CCC(C)CN)c1. The zero-order chi connectivity index (χ0) is 12.8. The fraction of sp³-hybridized carbons (Fsp3) is 0.462. The summed E-state index contributed by atoms with van der Waals surface area (Å²) in [6.45, 7) is 4.68. The summed E-state index contributed by atoms with van der Waals surface area (Å²) in [6, 6.07) is 5.89. The second-order valence-electron chi connectivity index (χ2n) is 4.41. The molecule has 0 saturated heterocycles. The monoisotopic (exact) mass is 298 g/mol. The Labute approximate surface area is 111 Å². The highest BCUT2D eigenvalue weighted by atomic mass is 79.9. The van der Waals surface area contributed by atoms with E-state index in [1.807, 2.05) is 25.1 Å². The number of nitrogens with one attached hydrogen (secondary N) is 1. The third-order valence-corrected chi connectivity index (χ3v) is 3.35. The van der Waals surface area contributed by atoms with Crippen molar-refractivity contribution in [2.75, 3.05) is 11.9 Å². The van der Waals surface area contributed by atoms with Gasteiger partial charge in [0.1, 0.15) is 0 Å². The van der Waals surface area contributed by atoms with E-state index in [9.17, 15) is 4.79 Å². The molecule has 1 atom stereocenters. The zero-order valence-electron chi connectivity index (χ0n) is 10.3. The first kappa shape index (κ1) is 14.2. The fourth-order valence-corrected chi connectivity index (χ4v) is 1.79. The van der Waals surface area contributed by atoms with Gasteiger partial charge in [-0.2, -0.15) is 0 Å². The molecule has 94 valence electrons. The van der Waals surface area contributed by atoms with Gasteiger partial charge in [0, 0.05) is 10.9 Å². The normalized spacial score (nSPS) is 12.2. The Morgan fingerprint density at radius 3 is 2.88 bits per heavy atom. The van der Waals surface area contributed by atoms with Gasteiger partial charge >= 0.3 is 0 Å². The van der Waals surface area contributed by atoms with E-state index >= 15 is 0 Å². The van der Waals surface area contributed by atoms with Crippen LogP contribution >= 0.6 is 15.9 Å². The van der Waals surface area contributed by atoms with Gasteiger partial charge in [-0.1, -0.05) is 13.0 Å². The Balaban J connectivity index is 2.53. The van der Waals surface area contributed by atoms with Crippen LogP contribution in [0.2, 0.25) is 0 Å². The third-order valence-electron chi connectivity index (χ3n) is 2.66. The second-order valence-corrected chi connectivity index (χ2v) is 5.27. The van der Waals surface area contributed by atoms with Crippen LogP contribution in [-0.4, -0.2) is 12.5 Å². The summed E-state index contributed by atoms with van der Waals surface area (Å²) in [6.07, 6.45) is 1.34. The number of aryl methyl sites for hydroxylation is 1. The van der Waals surface area contributed by atoms with Crippen LogP contribution in [0.1, 0.15) is 25.3 Å². The van der Waals surface area contributed by atoms with Gasteiger partial charge < -0.3 is 11.1 Å². The molecular formula is C13H19BrN2O. The predicted octanol–water partition coefficient (Wildman–Crippen LogP) is 3.07. The summed E-state index contributed by atoms with van der Waals surface area (Å²) < 4.78 is 0.906. The number of benzene rings is 1. The van der Waals surface area contributed by atoms with Gasteiger partial charge in [0.2, 0.25) is 5.91 Å². The first-order valence-electron chi connectivity index (χ1n) is 5.79. The summed E-state index contributed by atoms with van der Waals surface area (Å²) in [5.41, 5.74) is 7.47. The molecule has 0 heterocycles. The molecule has 0 aromatic heterocycles. The first-order chi connectivity index (χ1) is 8.02. The number of carbonyl (C=O) groups excluding carboxylic acids is 1. The van der Waals surface area contributed by atoms with Gasteiger partial charge in [-0.05, 0) is 59.4 Å². The van der Waals surface area contributed by atoms with Crippen LogP contribution in [0.3, 0.4) is 0 Å². The van der Waals surface area contributed by atoms with Crippen molar-refractivity contribution in [3.8, 4) is 0 Å². The third kappa shape index (κ3) is 4.88. The maximum Gasteiger partial charge on any atom is 0.224 e. The number of hydrogen-bond donors (Lipinski definition) is 2. The molecule has 3 nitrogen and oxygen atoms in total. The lowest BCUT2D eigenvalue weighted by atomic mass is 10.1. The largest absolute Gasteiger partial charge is 0.330 e. The quantitative estimate of drug-likeness (QED) is 0.878. The number of nitrogens with two attached hydrogens (primary N) is 1. The highest BCUT2D eigenvalue weighted by Gasteiger charge is 2.07. The summed E-state index contributed by atoms with van der Waals surface area (Å²) >= 11 is 3.42. The van der Waals surface area contributed by atoms with Gasteiger partial charge in [-0.25, -0.2) is 0 Å². The number of carbonyl (C=O) groups is 1. The molecule has 4 heteroatoms. The lowest BCUT2D eigenvalue weighted by Crippen LogP contribution is -2.16. The van der Waals surface area contributed by atoms with E-state index in [1.54, 1.807) is 0 Å². The van der Waals surface area contributed by atoms with Gasteiger partial charge in [-0.15, -0.1) is 0 Å². The van der Waals surface area contributed by atoms with Crippen LogP contribution < -0.4 is 11.1 Å². The predicted molar refractivity (Wildman–Crippen MR) is 75.0 cm³/mol. The summed E-state index contributed by atoms with van der Waals surface area (Å²) in [4.78, 5) is 11.7. The Bertz CT molecular complexity index is 393. The van der Waals surface area contributed by atoms with Crippen LogP contribution in [0, 0.1) is 12.8 Å². The van der Waals surface area contributed by atoms with E-state index in [1.165, 1.54) is 0 Å². The molecule has 3 N–H and O–H groups in total. The zero-order valence-corrected chi connectivity index (χ0v) is 11.9. The standard InChI is InChI=1S/C13H19BrN2O/c1-9-3-5-11(14)12(7-9)16-13(17)6-4-10(2)8-15/h3,5,7,10H,4,6,8,15H2,1-2H3,(H,16,17). The maximum atomic E-state index is 11.7. The van der Waals surface area contributed by atoms with Crippen LogP contribution in [0.4, 0.5) is 5.69 Å². The minimum Gasteiger partial charge on any atom is -0.330 e. The summed E-state index contributed by atoms with van der Waals surface area (Å²) in [5.74, 6) is 0.429. The average Bonchev–Trinajstić information content (AvgIpc) is 2.30. The Morgan fingerprint density at radius 1 is 1.53 bits per heavy atom. The van der Waals surface area contributed by atoms with Crippen molar-refractivity contribution in [2.24, 2.45) is 11.7 Å². The van der Waals surface area contributed by atoms with Crippen LogP contribution in [0.5, 0.6) is 0 Å². The minimum atomic E-state index is 0.0385. The van der Waals surface area contributed by atoms with Gasteiger partial charge in [0.15, 0.2) is 0 Å². The second kappa shape index (κ2) is 6.77. The number of anilines is 1. The average molecular weight is 299 g/mol. The van der Waals surface area contributed by atoms with E-state index in [-0.39, 0.29) is 5.91 Å². The number of amides is 1. The lowest BCUT2D eigenvalue weighted by Gasteiger charge is -2.10. The molecule has 0 fully saturated rings. The van der Waals surface area contributed by atoms with E-state index in [4.69, 9.17) is 5.73 Å². The van der Waals surface area contributed by atoms with Crippen molar-refractivity contribution in [1.82, 2.24) is 0 Å². The highest BCUT2D eigenvalue weighted by Crippen LogP contribution is 2.23. The minimum absolute atomic E-state index is 0.0385. The highest BCUT2D eigenvalue weighted by molar-refractivity contribution is 9.10. The topological polar surface area (TPSA) is 55.1 Å². The molecule has 17 heavy (non-hydrogen) atoms. The summed E-state index contributed by atoms with van der Waals surface area (Å²) in [7, 11) is 0. The van der Waals surface area contributed by atoms with Crippen LogP contribution in [0.15, 0.2) is 22.7 Å². The van der Waals surface area contributed by atoms with Gasteiger partial charge in [0.25, 0.3) is 0 Å². The van der Waals surface area contributed by atoms with Crippen molar-refractivity contribution in [3.05, 3.63) is 28.2 Å². The van der Waals surface area contributed by atoms with Crippen molar-refractivity contribution < 1.29 is 4.79 Å². The Kier molecular flexibility index (Phi) is 5.65. The van der Waals surface area contributed by atoms with Gasteiger partial charge in [-0.3, -0.25) is 4.79 Å². The Morgan fingerprint density at radius 2 is 2.24 bits per heavy atom. The molecule has 1 unspecified atom stereocenters. The van der Waals surface area contributed by atoms with Crippen LogP contribution in [0.25, 0.3) is 0 Å². The molecule has 1 rings (SSSR count). The van der Waals surface area contributed by atoms with E-state index < -0.39 is 0 Å². The number of halogens is 1. The number of rotatable bonds is 5. The molecule has 0 saturated carbocycles.